The van der Waals surface area contributed by atoms with Crippen LogP contribution in [0, 0.1) is 0 Å². The quantitative estimate of drug-likeness (QED) is 0.847. The summed E-state index contributed by atoms with van der Waals surface area (Å²) in [6.45, 7) is 2.34. The maximum absolute atomic E-state index is 11.9. The Balaban J connectivity index is 1.86. The van der Waals surface area contributed by atoms with E-state index in [2.05, 4.69) is 10.3 Å². The van der Waals surface area contributed by atoms with Crippen molar-refractivity contribution in [2.45, 2.75) is 19.8 Å². The molecule has 1 amide bonds. The number of hydrogen-bond donors (Lipinski definition) is 2. The second kappa shape index (κ2) is 6.69. The molecule has 6 heteroatoms. The predicted octanol–water partition coefficient (Wildman–Crippen LogP) is 1.91. The summed E-state index contributed by atoms with van der Waals surface area (Å²) in [5, 5.41) is 11.6. The molecule has 2 rings (SSSR count). The molecule has 0 aliphatic carbocycles. The standard InChI is InChI=1S/C15H16N2O4/c1-2-12-13(17-9-21-12)14(18)16-8-7-10-3-5-11(6-4-10)15(19)20/h3-6,9H,2,7-8H2,1H3,(H,16,18)(H,19,20). The first-order valence-corrected chi connectivity index (χ1v) is 6.64. The maximum Gasteiger partial charge on any atom is 0.335 e. The van der Waals surface area contributed by atoms with E-state index >= 15 is 0 Å². The van der Waals surface area contributed by atoms with E-state index < -0.39 is 5.97 Å². The van der Waals surface area contributed by atoms with Crippen LogP contribution in [0.5, 0.6) is 0 Å². The summed E-state index contributed by atoms with van der Waals surface area (Å²) in [5.74, 6) is -0.644. The van der Waals surface area contributed by atoms with E-state index in [9.17, 15) is 9.59 Å². The zero-order chi connectivity index (χ0) is 15.2. The first kappa shape index (κ1) is 14.8. The van der Waals surface area contributed by atoms with Crippen LogP contribution in [0.2, 0.25) is 0 Å². The second-order valence-electron chi connectivity index (χ2n) is 4.49. The van der Waals surface area contributed by atoms with Crippen LogP contribution in [0.4, 0.5) is 0 Å². The highest BCUT2D eigenvalue weighted by Gasteiger charge is 2.14. The highest BCUT2D eigenvalue weighted by molar-refractivity contribution is 5.93. The lowest BCUT2D eigenvalue weighted by atomic mass is 10.1. The van der Waals surface area contributed by atoms with Gasteiger partial charge in [0.15, 0.2) is 12.1 Å². The molecular formula is C15H16N2O4. The summed E-state index contributed by atoms with van der Waals surface area (Å²) in [5.41, 5.74) is 1.52. The third-order valence-corrected chi connectivity index (χ3v) is 3.08. The normalized spacial score (nSPS) is 10.3. The number of aryl methyl sites for hydroxylation is 1. The number of carboxylic acids is 1. The number of nitrogens with one attached hydrogen (secondary N) is 1. The Morgan fingerprint density at radius 2 is 2.00 bits per heavy atom. The number of aromatic carboxylic acids is 1. The maximum atomic E-state index is 11.9. The van der Waals surface area contributed by atoms with Crippen LogP contribution in [0.25, 0.3) is 0 Å². The van der Waals surface area contributed by atoms with Gasteiger partial charge >= 0.3 is 5.97 Å². The third kappa shape index (κ3) is 3.68. The van der Waals surface area contributed by atoms with E-state index in [-0.39, 0.29) is 11.5 Å². The molecule has 1 aromatic heterocycles. The van der Waals surface area contributed by atoms with Crippen molar-refractivity contribution in [3.8, 4) is 0 Å². The Kier molecular flexibility index (Phi) is 4.71. The zero-order valence-corrected chi connectivity index (χ0v) is 11.6. The van der Waals surface area contributed by atoms with Crippen LogP contribution < -0.4 is 5.32 Å². The molecule has 0 fully saturated rings. The highest BCUT2D eigenvalue weighted by atomic mass is 16.4. The fraction of sp³-hybridized carbons (Fsp3) is 0.267. The number of carboxylic acid groups (broad SMARTS) is 1. The van der Waals surface area contributed by atoms with Gasteiger partial charge in [-0.25, -0.2) is 9.78 Å². The molecule has 2 aromatic rings. The molecule has 2 N–H and O–H groups in total. The molecule has 21 heavy (non-hydrogen) atoms. The van der Waals surface area contributed by atoms with E-state index in [4.69, 9.17) is 9.52 Å². The predicted molar refractivity (Wildman–Crippen MR) is 75.3 cm³/mol. The summed E-state index contributed by atoms with van der Waals surface area (Å²) in [4.78, 5) is 26.5. The lowest BCUT2D eigenvalue weighted by Gasteiger charge is -2.05. The summed E-state index contributed by atoms with van der Waals surface area (Å²) in [6, 6.07) is 6.57. The van der Waals surface area contributed by atoms with Crippen molar-refractivity contribution in [2.24, 2.45) is 0 Å². The molecule has 0 radical (unpaired) electrons. The average Bonchev–Trinajstić information content (AvgIpc) is 2.96. The van der Waals surface area contributed by atoms with Crippen molar-refractivity contribution in [3.63, 3.8) is 0 Å². The van der Waals surface area contributed by atoms with E-state index in [1.807, 2.05) is 6.92 Å². The Morgan fingerprint density at radius 3 is 2.62 bits per heavy atom. The van der Waals surface area contributed by atoms with Gasteiger partial charge in [-0.1, -0.05) is 19.1 Å². The molecule has 0 aliphatic rings. The number of carbonyl (C=O) groups excluding carboxylic acids is 1. The van der Waals surface area contributed by atoms with Gasteiger partial charge in [-0.3, -0.25) is 4.79 Å². The number of hydrogen-bond acceptors (Lipinski definition) is 4. The number of oxazole rings is 1. The van der Waals surface area contributed by atoms with Gasteiger partial charge in [0.2, 0.25) is 0 Å². The number of nitrogens with zero attached hydrogens (tertiary/aromatic N) is 1. The fourth-order valence-electron chi connectivity index (χ4n) is 1.92. The van der Waals surface area contributed by atoms with Gasteiger partial charge in [0.25, 0.3) is 5.91 Å². The van der Waals surface area contributed by atoms with Crippen LogP contribution in [-0.4, -0.2) is 28.5 Å². The Morgan fingerprint density at radius 1 is 1.29 bits per heavy atom. The first-order valence-electron chi connectivity index (χ1n) is 6.64. The van der Waals surface area contributed by atoms with Gasteiger partial charge in [0.1, 0.15) is 5.76 Å². The van der Waals surface area contributed by atoms with Gasteiger partial charge < -0.3 is 14.8 Å². The smallest absolute Gasteiger partial charge is 0.335 e. The summed E-state index contributed by atoms with van der Waals surface area (Å²) >= 11 is 0. The van der Waals surface area contributed by atoms with Crippen LogP contribution >= 0.6 is 0 Å². The van der Waals surface area contributed by atoms with E-state index in [1.54, 1.807) is 24.3 Å². The van der Waals surface area contributed by atoms with Crippen molar-refractivity contribution in [1.82, 2.24) is 10.3 Å². The van der Waals surface area contributed by atoms with Gasteiger partial charge in [0.05, 0.1) is 5.56 Å². The largest absolute Gasteiger partial charge is 0.478 e. The molecule has 0 atom stereocenters. The SMILES string of the molecule is CCc1ocnc1C(=O)NCCc1ccc(C(=O)O)cc1. The Bertz CT molecular complexity index is 631. The molecule has 1 aromatic carbocycles. The minimum atomic E-state index is -0.951. The molecule has 0 saturated heterocycles. The van der Waals surface area contributed by atoms with Gasteiger partial charge in [-0.15, -0.1) is 0 Å². The number of benzene rings is 1. The lowest BCUT2D eigenvalue weighted by molar-refractivity contribution is 0.0696. The molecule has 0 bridgehead atoms. The molecule has 0 unspecified atom stereocenters. The van der Waals surface area contributed by atoms with Crippen molar-refractivity contribution < 1.29 is 19.1 Å². The third-order valence-electron chi connectivity index (χ3n) is 3.08. The molecule has 0 spiro atoms. The number of rotatable bonds is 6. The van der Waals surface area contributed by atoms with Crippen LogP contribution in [-0.2, 0) is 12.8 Å². The van der Waals surface area contributed by atoms with E-state index in [1.165, 1.54) is 6.39 Å². The minimum absolute atomic E-state index is 0.248. The molecule has 0 aliphatic heterocycles. The van der Waals surface area contributed by atoms with Gasteiger partial charge in [-0.05, 0) is 24.1 Å². The zero-order valence-electron chi connectivity index (χ0n) is 11.6. The van der Waals surface area contributed by atoms with E-state index in [0.717, 1.165) is 5.56 Å². The van der Waals surface area contributed by atoms with Crippen molar-refractivity contribution in [3.05, 3.63) is 53.2 Å². The molecule has 110 valence electrons. The van der Waals surface area contributed by atoms with Crippen molar-refractivity contribution in [2.75, 3.05) is 6.54 Å². The van der Waals surface area contributed by atoms with E-state index in [0.29, 0.717) is 30.8 Å². The topological polar surface area (TPSA) is 92.4 Å². The Hall–Kier alpha value is -2.63. The van der Waals surface area contributed by atoms with Crippen LogP contribution in [0.15, 0.2) is 35.1 Å². The minimum Gasteiger partial charge on any atom is -0.478 e. The van der Waals surface area contributed by atoms with Gasteiger partial charge in [0, 0.05) is 13.0 Å². The van der Waals surface area contributed by atoms with Crippen molar-refractivity contribution in [1.29, 1.82) is 0 Å². The second-order valence-corrected chi connectivity index (χ2v) is 4.49. The number of amides is 1. The molecule has 0 saturated carbocycles. The van der Waals surface area contributed by atoms with Gasteiger partial charge in [-0.2, -0.15) is 0 Å². The summed E-state index contributed by atoms with van der Waals surface area (Å²) < 4.78 is 5.11. The molecular weight excluding hydrogens is 272 g/mol. The number of carbonyl (C=O) groups is 2. The van der Waals surface area contributed by atoms with Crippen molar-refractivity contribution >= 4 is 11.9 Å². The average molecular weight is 288 g/mol. The molecule has 6 nitrogen and oxygen atoms in total. The van der Waals surface area contributed by atoms with Crippen LogP contribution in [0.3, 0.4) is 0 Å². The number of aromatic nitrogens is 1. The fourth-order valence-corrected chi connectivity index (χ4v) is 1.92. The lowest BCUT2D eigenvalue weighted by Crippen LogP contribution is -2.26. The Labute approximate surface area is 121 Å². The summed E-state index contributed by atoms with van der Waals surface area (Å²) in [6.07, 6.45) is 2.49. The highest BCUT2D eigenvalue weighted by Crippen LogP contribution is 2.08. The molecule has 1 heterocycles. The monoisotopic (exact) mass is 288 g/mol. The van der Waals surface area contributed by atoms with Crippen LogP contribution in [0.1, 0.15) is 39.1 Å². The summed E-state index contributed by atoms with van der Waals surface area (Å²) in [7, 11) is 0. The first-order chi connectivity index (χ1) is 10.1.